The highest BCUT2D eigenvalue weighted by Crippen LogP contribution is 2.33. The van der Waals surface area contributed by atoms with Gasteiger partial charge in [-0.3, -0.25) is 15.0 Å². The van der Waals surface area contributed by atoms with Crippen LogP contribution in [0.25, 0.3) is 27.4 Å². The van der Waals surface area contributed by atoms with E-state index in [9.17, 15) is 4.79 Å². The van der Waals surface area contributed by atoms with Gasteiger partial charge in [-0.1, -0.05) is 58.2 Å². The molecule has 4 aromatic rings. The van der Waals surface area contributed by atoms with Crippen molar-refractivity contribution in [3.05, 3.63) is 42.4 Å². The molecule has 29 heavy (non-hydrogen) atoms. The molecule has 4 rings (SSSR count). The predicted molar refractivity (Wildman–Crippen MR) is 121 cm³/mol. The molecule has 3 N–H and O–H groups in total. The highest BCUT2D eigenvalue weighted by Gasteiger charge is 2.18. The zero-order chi connectivity index (χ0) is 20.2. The summed E-state index contributed by atoms with van der Waals surface area (Å²) in [5.41, 5.74) is 3.89. The number of aromatic amines is 1. The summed E-state index contributed by atoms with van der Waals surface area (Å²) < 4.78 is 8.58. The molecule has 0 fully saturated rings. The van der Waals surface area contributed by atoms with Crippen LogP contribution in [-0.4, -0.2) is 51.0 Å². The Morgan fingerprint density at radius 1 is 1.38 bits per heavy atom. The lowest BCUT2D eigenvalue weighted by Gasteiger charge is -2.09. The second-order valence-corrected chi connectivity index (χ2v) is 7.82. The van der Waals surface area contributed by atoms with Gasteiger partial charge in [-0.25, -0.2) is 14.8 Å². The summed E-state index contributed by atoms with van der Waals surface area (Å²) in [6.07, 6.45) is 3.56. The number of carbonyl (C=O) groups excluding carboxylic acids is 1. The highest BCUT2D eigenvalue weighted by atomic mass is 127. The van der Waals surface area contributed by atoms with Crippen LogP contribution in [0.4, 0.5) is 9.93 Å². The first-order valence-corrected chi connectivity index (χ1v) is 11.1. The van der Waals surface area contributed by atoms with Crippen LogP contribution in [-0.2, 0) is 9.16 Å². The largest absolute Gasteiger partial charge is 0.383 e. The van der Waals surface area contributed by atoms with Crippen molar-refractivity contribution < 1.29 is 9.53 Å². The number of methoxy groups -OCH3 is 1. The molecule has 0 saturated carbocycles. The van der Waals surface area contributed by atoms with Crippen LogP contribution in [0.5, 0.6) is 0 Å². The molecule has 0 bridgehead atoms. The van der Waals surface area contributed by atoms with Gasteiger partial charge in [0.05, 0.1) is 18.5 Å². The van der Waals surface area contributed by atoms with E-state index in [0.717, 1.165) is 20.4 Å². The van der Waals surface area contributed by atoms with Crippen LogP contribution in [0.15, 0.2) is 36.8 Å². The first-order chi connectivity index (χ1) is 14.2. The predicted octanol–water partition coefficient (Wildman–Crippen LogP) is 3.58. The van der Waals surface area contributed by atoms with Crippen molar-refractivity contribution in [1.29, 1.82) is 0 Å². The number of urea groups is 1. The Kier molecular flexibility index (Phi) is 6.06. The molecular weight excluding hydrogens is 505 g/mol. The zero-order valence-electron chi connectivity index (χ0n) is 15.5. The second-order valence-electron chi connectivity index (χ2n) is 6.06. The number of fused-ring (bicyclic) bond motifs is 1. The summed E-state index contributed by atoms with van der Waals surface area (Å²) in [5, 5.41) is 13.3. The van der Waals surface area contributed by atoms with Gasteiger partial charge in [0.2, 0.25) is 0 Å². The molecule has 2 amide bonds. The number of benzene rings is 1. The van der Waals surface area contributed by atoms with Crippen LogP contribution in [0, 0.1) is 0 Å². The smallest absolute Gasteiger partial charge is 0.321 e. The molecule has 11 heteroatoms. The molecule has 0 saturated heterocycles. The summed E-state index contributed by atoms with van der Waals surface area (Å²) in [4.78, 5) is 20.7. The number of thiazole rings is 1. The summed E-state index contributed by atoms with van der Waals surface area (Å²) in [7, 11) is 1.58. The first-order valence-electron chi connectivity index (χ1n) is 8.77. The number of hydrogen-bond acceptors (Lipinski definition) is 6. The number of carbonyl (C=O) groups is 1. The van der Waals surface area contributed by atoms with Crippen molar-refractivity contribution >= 4 is 55.4 Å². The number of ether oxygens (including phenoxy) is 1. The summed E-state index contributed by atoms with van der Waals surface area (Å²) in [6.45, 7) is 0.870. The number of imidazole rings is 1. The van der Waals surface area contributed by atoms with Crippen molar-refractivity contribution in [2.45, 2.75) is 4.43 Å². The third-order valence-corrected chi connectivity index (χ3v) is 6.00. The van der Waals surface area contributed by atoms with Crippen molar-refractivity contribution in [2.75, 3.05) is 25.6 Å². The van der Waals surface area contributed by atoms with E-state index in [0.29, 0.717) is 29.7 Å². The minimum atomic E-state index is -0.327. The SMILES string of the molecule is COCCNC(=O)Nc1nc2[nH]nc(-n3cncc3-c3ccccc3CI)c2s1. The van der Waals surface area contributed by atoms with Gasteiger partial charge in [0.15, 0.2) is 16.6 Å². The fourth-order valence-corrected chi connectivity index (χ4v) is 4.44. The Bertz CT molecular complexity index is 1140. The topological polar surface area (TPSA) is 110 Å². The molecule has 0 aliphatic rings. The fourth-order valence-electron chi connectivity index (χ4n) is 2.88. The van der Waals surface area contributed by atoms with E-state index in [1.165, 1.54) is 16.9 Å². The van der Waals surface area contributed by atoms with Gasteiger partial charge in [-0.05, 0) is 5.56 Å². The number of alkyl halides is 1. The van der Waals surface area contributed by atoms with Gasteiger partial charge >= 0.3 is 6.03 Å². The fraction of sp³-hybridized carbons (Fsp3) is 0.222. The number of aromatic nitrogens is 5. The molecule has 3 aromatic heterocycles. The molecule has 0 spiro atoms. The van der Waals surface area contributed by atoms with Gasteiger partial charge in [-0.15, -0.1) is 0 Å². The summed E-state index contributed by atoms with van der Waals surface area (Å²) in [5.74, 6) is 0.695. The van der Waals surface area contributed by atoms with E-state index in [-0.39, 0.29) is 6.03 Å². The average Bonchev–Trinajstić information content (AvgIpc) is 3.43. The van der Waals surface area contributed by atoms with E-state index in [1.54, 1.807) is 13.4 Å². The zero-order valence-corrected chi connectivity index (χ0v) is 18.5. The van der Waals surface area contributed by atoms with Crippen LogP contribution in [0.1, 0.15) is 5.56 Å². The summed E-state index contributed by atoms with van der Waals surface area (Å²) in [6, 6.07) is 7.90. The van der Waals surface area contributed by atoms with Gasteiger partial charge < -0.3 is 10.1 Å². The molecule has 150 valence electrons. The van der Waals surface area contributed by atoms with Crippen molar-refractivity contribution in [2.24, 2.45) is 0 Å². The van der Waals surface area contributed by atoms with Crippen molar-refractivity contribution in [3.8, 4) is 17.1 Å². The van der Waals surface area contributed by atoms with Crippen LogP contribution in [0.3, 0.4) is 0 Å². The Hall–Kier alpha value is -2.51. The van der Waals surface area contributed by atoms with E-state index in [4.69, 9.17) is 4.74 Å². The van der Waals surface area contributed by atoms with Gasteiger partial charge in [0.25, 0.3) is 0 Å². The first kappa shape index (κ1) is 19.8. The van der Waals surface area contributed by atoms with Crippen LogP contribution < -0.4 is 10.6 Å². The molecule has 1 aromatic carbocycles. The Labute approximate surface area is 184 Å². The molecule has 0 unspecified atom stereocenters. The minimum absolute atomic E-state index is 0.327. The van der Waals surface area contributed by atoms with Crippen LogP contribution in [0.2, 0.25) is 0 Å². The third kappa shape index (κ3) is 4.11. The number of amides is 2. The highest BCUT2D eigenvalue weighted by molar-refractivity contribution is 14.1. The number of nitrogens with zero attached hydrogens (tertiary/aromatic N) is 4. The van der Waals surface area contributed by atoms with Crippen LogP contribution >= 0.6 is 33.9 Å². The van der Waals surface area contributed by atoms with Gasteiger partial charge in [0.1, 0.15) is 11.0 Å². The van der Waals surface area contributed by atoms with Crippen molar-refractivity contribution in [3.63, 3.8) is 0 Å². The molecular formula is C18H18IN7O2S. The number of anilines is 1. The number of hydrogen-bond donors (Lipinski definition) is 3. The molecule has 0 atom stereocenters. The molecule has 9 nitrogen and oxygen atoms in total. The monoisotopic (exact) mass is 523 g/mol. The second kappa shape index (κ2) is 8.88. The average molecular weight is 523 g/mol. The molecule has 0 radical (unpaired) electrons. The number of rotatable bonds is 7. The molecule has 3 heterocycles. The number of halogens is 1. The summed E-state index contributed by atoms with van der Waals surface area (Å²) >= 11 is 3.71. The van der Waals surface area contributed by atoms with E-state index in [2.05, 4.69) is 65.5 Å². The lowest BCUT2D eigenvalue weighted by atomic mass is 10.1. The van der Waals surface area contributed by atoms with E-state index >= 15 is 0 Å². The molecule has 0 aliphatic heterocycles. The maximum absolute atomic E-state index is 12.0. The number of H-pyrrole nitrogens is 1. The third-order valence-electron chi connectivity index (χ3n) is 4.21. The minimum Gasteiger partial charge on any atom is -0.383 e. The Morgan fingerprint density at radius 3 is 3.07 bits per heavy atom. The maximum Gasteiger partial charge on any atom is 0.321 e. The van der Waals surface area contributed by atoms with E-state index < -0.39 is 0 Å². The number of nitrogens with one attached hydrogen (secondary N) is 3. The lowest BCUT2D eigenvalue weighted by molar-refractivity contribution is 0.198. The van der Waals surface area contributed by atoms with E-state index in [1.807, 2.05) is 22.9 Å². The Morgan fingerprint density at radius 2 is 2.24 bits per heavy atom. The van der Waals surface area contributed by atoms with Gasteiger partial charge in [-0.2, -0.15) is 5.10 Å². The Balaban J connectivity index is 1.64. The quantitative estimate of drug-likeness (QED) is 0.195. The normalized spacial score (nSPS) is 11.1. The maximum atomic E-state index is 12.0. The lowest BCUT2D eigenvalue weighted by Crippen LogP contribution is -2.31. The molecule has 0 aliphatic carbocycles. The standard InChI is InChI=1S/C18H18IN7O2S/c1-28-7-6-21-17(27)23-18-22-15-14(29-18)16(25-24-15)26-10-20-9-13(26)12-5-3-2-4-11(12)8-19/h2-5,9-10H,6-8H2,1H3,(H3,21,22,23,24,25,27). The van der Waals surface area contributed by atoms with Gasteiger partial charge in [0, 0.05) is 23.6 Å². The van der Waals surface area contributed by atoms with Crippen molar-refractivity contribution in [1.82, 2.24) is 30.0 Å².